The lowest BCUT2D eigenvalue weighted by Gasteiger charge is -2.26. The van der Waals surface area contributed by atoms with Crippen LogP contribution in [-0.2, 0) is 4.74 Å². The molecule has 1 aliphatic carbocycles. The third-order valence-electron chi connectivity index (χ3n) is 6.08. The number of nitrogens with one attached hydrogen (secondary N) is 1. The molecule has 1 atom stereocenters. The van der Waals surface area contributed by atoms with Crippen LogP contribution in [0.15, 0.2) is 30.3 Å². The minimum absolute atomic E-state index is 0.0701. The number of piperidine rings is 1. The van der Waals surface area contributed by atoms with Crippen LogP contribution >= 0.6 is 0 Å². The largest absolute Gasteiger partial charge is 0.494 e. The lowest BCUT2D eigenvalue weighted by molar-refractivity contribution is 0.0879. The van der Waals surface area contributed by atoms with E-state index in [0.29, 0.717) is 18.2 Å². The van der Waals surface area contributed by atoms with Crippen LogP contribution in [0.4, 0.5) is 0 Å². The molecular weight excluding hydrogens is 378 g/mol. The maximum absolute atomic E-state index is 12.6. The summed E-state index contributed by atoms with van der Waals surface area (Å²) in [7, 11) is 1.67. The summed E-state index contributed by atoms with van der Waals surface area (Å²) in [6.45, 7) is 4.83. The molecule has 1 unspecified atom stereocenters. The molecule has 1 amide bonds. The van der Waals surface area contributed by atoms with Crippen molar-refractivity contribution in [3.05, 3.63) is 36.0 Å². The highest BCUT2D eigenvalue weighted by atomic mass is 16.5. The number of ether oxygens (including phenoxy) is 2. The van der Waals surface area contributed by atoms with Crippen molar-refractivity contribution in [2.45, 2.75) is 44.6 Å². The molecule has 1 aromatic carbocycles. The number of amides is 1. The van der Waals surface area contributed by atoms with E-state index in [9.17, 15) is 4.79 Å². The van der Waals surface area contributed by atoms with Crippen molar-refractivity contribution < 1.29 is 14.3 Å². The van der Waals surface area contributed by atoms with E-state index < -0.39 is 0 Å². The monoisotopic (exact) mass is 411 g/mol. The fourth-order valence-corrected chi connectivity index (χ4v) is 4.20. The van der Waals surface area contributed by atoms with Gasteiger partial charge in [-0.1, -0.05) is 12.5 Å². The molecule has 6 heteroatoms. The Morgan fingerprint density at radius 1 is 1.20 bits per heavy atom. The molecule has 162 valence electrons. The summed E-state index contributed by atoms with van der Waals surface area (Å²) in [5.41, 5.74) is 1.25. The quantitative estimate of drug-likeness (QED) is 0.605. The summed E-state index contributed by atoms with van der Waals surface area (Å²) in [6.07, 6.45) is 7.37. The van der Waals surface area contributed by atoms with Crippen molar-refractivity contribution in [2.75, 3.05) is 40.0 Å². The molecule has 30 heavy (non-hydrogen) atoms. The Kier molecular flexibility index (Phi) is 7.18. The van der Waals surface area contributed by atoms with Crippen LogP contribution in [0.2, 0.25) is 0 Å². The van der Waals surface area contributed by atoms with Crippen LogP contribution in [0, 0.1) is 5.92 Å². The molecule has 1 N–H and O–H groups in total. The average Bonchev–Trinajstić information content (AvgIpc) is 3.62. The van der Waals surface area contributed by atoms with Gasteiger partial charge in [0.2, 0.25) is 0 Å². The second kappa shape index (κ2) is 10.2. The van der Waals surface area contributed by atoms with Crippen molar-refractivity contribution in [3.8, 4) is 5.75 Å². The summed E-state index contributed by atoms with van der Waals surface area (Å²) < 4.78 is 11.2. The van der Waals surface area contributed by atoms with Gasteiger partial charge in [-0.25, -0.2) is 4.98 Å². The van der Waals surface area contributed by atoms with E-state index in [0.717, 1.165) is 49.1 Å². The highest BCUT2D eigenvalue weighted by Crippen LogP contribution is 2.32. The maximum Gasteiger partial charge on any atom is 0.270 e. The topological polar surface area (TPSA) is 63.7 Å². The Labute approximate surface area is 178 Å². The van der Waals surface area contributed by atoms with Gasteiger partial charge in [-0.2, -0.15) is 0 Å². The van der Waals surface area contributed by atoms with Gasteiger partial charge in [0.25, 0.3) is 5.91 Å². The van der Waals surface area contributed by atoms with Crippen LogP contribution in [0.3, 0.4) is 0 Å². The van der Waals surface area contributed by atoms with Gasteiger partial charge in [0, 0.05) is 19.0 Å². The number of benzene rings is 1. The molecule has 0 bridgehead atoms. The normalized spacial score (nSPS) is 18.3. The number of rotatable bonds is 10. The van der Waals surface area contributed by atoms with Gasteiger partial charge in [-0.3, -0.25) is 4.79 Å². The van der Waals surface area contributed by atoms with Crippen LogP contribution in [0.1, 0.15) is 49.0 Å². The van der Waals surface area contributed by atoms with Crippen molar-refractivity contribution in [1.29, 1.82) is 0 Å². The standard InChI is InChI=1S/C24H33N3O3/c1-29-17-23(18-6-7-18)26-24(28)22-10-8-19-16-20(9-11-21(19)25-22)30-15-5-14-27-12-3-2-4-13-27/h8-11,16,18,23H,2-7,12-15,17H2,1H3,(H,26,28). The highest BCUT2D eigenvalue weighted by Gasteiger charge is 2.32. The van der Waals surface area contributed by atoms with E-state index in [2.05, 4.69) is 15.2 Å². The van der Waals surface area contributed by atoms with Crippen LogP contribution in [0.5, 0.6) is 5.75 Å². The summed E-state index contributed by atoms with van der Waals surface area (Å²) in [5, 5.41) is 4.06. The molecular formula is C24H33N3O3. The number of aromatic nitrogens is 1. The smallest absolute Gasteiger partial charge is 0.270 e. The van der Waals surface area contributed by atoms with Gasteiger partial charge in [0.15, 0.2) is 0 Å². The molecule has 2 aliphatic rings. The maximum atomic E-state index is 12.6. The molecule has 4 rings (SSSR count). The zero-order valence-electron chi connectivity index (χ0n) is 17.9. The predicted molar refractivity (Wildman–Crippen MR) is 118 cm³/mol. The fraction of sp³-hybridized carbons (Fsp3) is 0.583. The van der Waals surface area contributed by atoms with Gasteiger partial charge < -0.3 is 19.7 Å². The predicted octanol–water partition coefficient (Wildman–Crippen LogP) is 3.64. The molecule has 1 saturated carbocycles. The fourth-order valence-electron chi connectivity index (χ4n) is 4.20. The number of likely N-dealkylation sites (tertiary alicyclic amines) is 1. The first-order valence-electron chi connectivity index (χ1n) is 11.3. The Bertz CT molecular complexity index is 847. The van der Waals surface area contributed by atoms with Crippen LogP contribution < -0.4 is 10.1 Å². The summed E-state index contributed by atoms with van der Waals surface area (Å²) in [6, 6.07) is 9.67. The van der Waals surface area contributed by atoms with Gasteiger partial charge >= 0.3 is 0 Å². The summed E-state index contributed by atoms with van der Waals surface area (Å²) >= 11 is 0. The van der Waals surface area contributed by atoms with Crippen molar-refractivity contribution >= 4 is 16.8 Å². The number of hydrogen-bond donors (Lipinski definition) is 1. The van der Waals surface area contributed by atoms with Gasteiger partial charge in [0.1, 0.15) is 11.4 Å². The number of hydrogen-bond acceptors (Lipinski definition) is 5. The number of fused-ring (bicyclic) bond motifs is 1. The number of pyridine rings is 1. The minimum Gasteiger partial charge on any atom is -0.494 e. The van der Waals surface area contributed by atoms with Crippen LogP contribution in [0.25, 0.3) is 10.9 Å². The second-order valence-corrected chi connectivity index (χ2v) is 8.53. The SMILES string of the molecule is COCC(NC(=O)c1ccc2cc(OCCCN3CCCCC3)ccc2n1)C1CC1. The number of carbonyl (C=O) groups excluding carboxylic acids is 1. The lowest BCUT2D eigenvalue weighted by atomic mass is 10.1. The lowest BCUT2D eigenvalue weighted by Crippen LogP contribution is -2.40. The first-order valence-corrected chi connectivity index (χ1v) is 11.3. The zero-order valence-corrected chi connectivity index (χ0v) is 17.9. The van der Waals surface area contributed by atoms with E-state index in [4.69, 9.17) is 9.47 Å². The van der Waals surface area contributed by atoms with Crippen molar-refractivity contribution in [3.63, 3.8) is 0 Å². The number of carbonyl (C=O) groups is 1. The third kappa shape index (κ3) is 5.70. The van der Waals surface area contributed by atoms with Crippen molar-refractivity contribution in [2.24, 2.45) is 5.92 Å². The molecule has 0 spiro atoms. The van der Waals surface area contributed by atoms with E-state index in [1.165, 1.54) is 32.4 Å². The Balaban J connectivity index is 1.31. The van der Waals surface area contributed by atoms with Gasteiger partial charge in [-0.05, 0) is 75.4 Å². The molecule has 2 aromatic rings. The third-order valence-corrected chi connectivity index (χ3v) is 6.08. The Hall–Kier alpha value is -2.18. The molecule has 1 saturated heterocycles. The van der Waals surface area contributed by atoms with E-state index >= 15 is 0 Å². The van der Waals surface area contributed by atoms with E-state index in [-0.39, 0.29) is 11.9 Å². The number of nitrogens with zero attached hydrogens (tertiary/aromatic N) is 2. The Morgan fingerprint density at radius 3 is 2.80 bits per heavy atom. The van der Waals surface area contributed by atoms with Gasteiger partial charge in [-0.15, -0.1) is 0 Å². The molecule has 2 fully saturated rings. The van der Waals surface area contributed by atoms with Gasteiger partial charge in [0.05, 0.1) is 24.8 Å². The number of methoxy groups -OCH3 is 1. The zero-order chi connectivity index (χ0) is 20.8. The summed E-state index contributed by atoms with van der Waals surface area (Å²) in [4.78, 5) is 19.7. The van der Waals surface area contributed by atoms with E-state index in [1.807, 2.05) is 24.3 Å². The molecule has 2 heterocycles. The first kappa shape index (κ1) is 21.1. The molecule has 1 aliphatic heterocycles. The first-order chi connectivity index (χ1) is 14.7. The Morgan fingerprint density at radius 2 is 2.03 bits per heavy atom. The van der Waals surface area contributed by atoms with E-state index in [1.54, 1.807) is 13.2 Å². The molecule has 1 aromatic heterocycles. The van der Waals surface area contributed by atoms with Crippen molar-refractivity contribution in [1.82, 2.24) is 15.2 Å². The second-order valence-electron chi connectivity index (χ2n) is 8.53. The summed E-state index contributed by atoms with van der Waals surface area (Å²) in [5.74, 6) is 1.25. The molecule has 6 nitrogen and oxygen atoms in total. The minimum atomic E-state index is -0.135. The average molecular weight is 412 g/mol. The van der Waals surface area contributed by atoms with Crippen LogP contribution in [-0.4, -0.2) is 61.8 Å². The molecule has 0 radical (unpaired) electrons. The highest BCUT2D eigenvalue weighted by molar-refractivity contribution is 5.95.